The quantitative estimate of drug-likeness (QED) is 0.739. The van der Waals surface area contributed by atoms with Gasteiger partial charge < -0.3 is 19.3 Å². The highest BCUT2D eigenvalue weighted by atomic mass is 16.7. The fraction of sp³-hybridized carbons (Fsp3) is 0.917. The molecule has 0 aromatic carbocycles. The average Bonchev–Trinajstić information content (AvgIpc) is 2.14. The minimum Gasteiger partial charge on any atom is -0.466 e. The molecule has 0 aromatic rings. The molecule has 0 unspecified atom stereocenters. The molecule has 17 heavy (non-hydrogen) atoms. The van der Waals surface area contributed by atoms with E-state index in [4.69, 9.17) is 19.3 Å². The topological polar surface area (TPSA) is 65.0 Å². The summed E-state index contributed by atoms with van der Waals surface area (Å²) in [5.41, 5.74) is 0. The molecule has 0 bridgehead atoms. The molecule has 0 saturated carbocycles. The van der Waals surface area contributed by atoms with E-state index in [-0.39, 0.29) is 24.8 Å². The van der Waals surface area contributed by atoms with Crippen molar-refractivity contribution < 1.29 is 24.1 Å². The lowest BCUT2D eigenvalue weighted by molar-refractivity contribution is -0.302. The van der Waals surface area contributed by atoms with Crippen LogP contribution < -0.4 is 0 Å². The van der Waals surface area contributed by atoms with Gasteiger partial charge in [-0.05, 0) is 20.3 Å². The van der Waals surface area contributed by atoms with Crippen molar-refractivity contribution in [3.05, 3.63) is 0 Å². The highest BCUT2D eigenvalue weighted by molar-refractivity contribution is 5.65. The fourth-order valence-corrected chi connectivity index (χ4v) is 2.05. The van der Waals surface area contributed by atoms with Crippen LogP contribution in [0.4, 0.5) is 0 Å². The van der Waals surface area contributed by atoms with E-state index in [2.05, 4.69) is 0 Å². The number of hydrogen-bond acceptors (Lipinski definition) is 5. The van der Waals surface area contributed by atoms with E-state index in [1.165, 1.54) is 6.92 Å². The van der Waals surface area contributed by atoms with Gasteiger partial charge in [-0.3, -0.25) is 4.79 Å². The zero-order chi connectivity index (χ0) is 12.9. The van der Waals surface area contributed by atoms with Crippen LogP contribution in [0.3, 0.4) is 0 Å². The van der Waals surface area contributed by atoms with Crippen molar-refractivity contribution >= 4 is 5.97 Å². The third kappa shape index (κ3) is 5.48. The zero-order valence-electron chi connectivity index (χ0n) is 10.8. The summed E-state index contributed by atoms with van der Waals surface area (Å²) in [5, 5.41) is 8.93. The maximum absolute atomic E-state index is 10.7. The third-order valence-electron chi connectivity index (χ3n) is 2.62. The van der Waals surface area contributed by atoms with Gasteiger partial charge in [-0.25, -0.2) is 0 Å². The van der Waals surface area contributed by atoms with Gasteiger partial charge in [-0.15, -0.1) is 0 Å². The number of carbonyl (C=O) groups excluding carboxylic acids is 1. The Hall–Kier alpha value is -0.650. The lowest BCUT2D eigenvalue weighted by Gasteiger charge is -2.40. The Bertz CT molecular complexity index is 251. The second-order valence-electron chi connectivity index (χ2n) is 4.76. The fourth-order valence-electron chi connectivity index (χ4n) is 2.05. The number of ether oxygens (including phenoxy) is 3. The third-order valence-corrected chi connectivity index (χ3v) is 2.62. The number of aliphatic hydroxyl groups is 1. The maximum Gasteiger partial charge on any atom is 0.302 e. The number of hydrogen-bond donors (Lipinski definition) is 1. The first kappa shape index (κ1) is 14.4. The molecule has 0 aliphatic carbocycles. The van der Waals surface area contributed by atoms with Gasteiger partial charge in [0.15, 0.2) is 5.79 Å². The molecule has 1 heterocycles. The minimum absolute atomic E-state index is 0.00563. The van der Waals surface area contributed by atoms with E-state index in [9.17, 15) is 4.79 Å². The van der Waals surface area contributed by atoms with Crippen LogP contribution in [0.15, 0.2) is 0 Å². The second kappa shape index (κ2) is 6.33. The van der Waals surface area contributed by atoms with Crippen molar-refractivity contribution in [1.29, 1.82) is 0 Å². The van der Waals surface area contributed by atoms with Crippen LogP contribution >= 0.6 is 0 Å². The van der Waals surface area contributed by atoms with Crippen molar-refractivity contribution in [2.24, 2.45) is 0 Å². The number of esters is 1. The summed E-state index contributed by atoms with van der Waals surface area (Å²) in [6, 6.07) is 0. The van der Waals surface area contributed by atoms with Gasteiger partial charge in [0.25, 0.3) is 0 Å². The van der Waals surface area contributed by atoms with Crippen LogP contribution in [-0.2, 0) is 19.0 Å². The monoisotopic (exact) mass is 246 g/mol. The average molecular weight is 246 g/mol. The first-order chi connectivity index (χ1) is 7.93. The van der Waals surface area contributed by atoms with Gasteiger partial charge in [-0.2, -0.15) is 0 Å². The minimum atomic E-state index is -0.640. The van der Waals surface area contributed by atoms with Gasteiger partial charge in [0.1, 0.15) is 0 Å². The first-order valence-electron chi connectivity index (χ1n) is 6.03. The molecule has 1 saturated heterocycles. The van der Waals surface area contributed by atoms with E-state index in [1.54, 1.807) is 0 Å². The molecule has 2 atom stereocenters. The lowest BCUT2D eigenvalue weighted by atomic mass is 10.0. The molecule has 5 heteroatoms. The Balaban J connectivity index is 2.40. The molecule has 1 N–H and O–H groups in total. The molecule has 1 aliphatic heterocycles. The van der Waals surface area contributed by atoms with Crippen LogP contribution in [0, 0.1) is 0 Å². The van der Waals surface area contributed by atoms with Crippen molar-refractivity contribution in [2.45, 2.75) is 58.0 Å². The number of carbonyl (C=O) groups is 1. The van der Waals surface area contributed by atoms with Crippen LogP contribution in [0.25, 0.3) is 0 Å². The smallest absolute Gasteiger partial charge is 0.302 e. The largest absolute Gasteiger partial charge is 0.466 e. The molecule has 0 aromatic heterocycles. The molecule has 5 nitrogen and oxygen atoms in total. The molecule has 100 valence electrons. The SMILES string of the molecule is CC(=O)OCC[C@H]1C[C@@H](CCO)OC(C)(C)O1. The van der Waals surface area contributed by atoms with Crippen LogP contribution in [0.1, 0.15) is 40.0 Å². The summed E-state index contributed by atoms with van der Waals surface area (Å²) < 4.78 is 16.3. The molecule has 0 radical (unpaired) electrons. The van der Waals surface area contributed by atoms with Gasteiger partial charge in [0.05, 0.1) is 18.8 Å². The van der Waals surface area contributed by atoms with Crippen LogP contribution in [0.2, 0.25) is 0 Å². The summed E-state index contributed by atoms with van der Waals surface area (Å²) in [6.07, 6.45) is 2.01. The Morgan fingerprint density at radius 1 is 1.35 bits per heavy atom. The summed E-state index contributed by atoms with van der Waals surface area (Å²) in [4.78, 5) is 10.7. The molecule has 0 amide bonds. The molecule has 1 rings (SSSR count). The predicted octanol–water partition coefficient (Wildman–Crippen LogP) is 1.23. The van der Waals surface area contributed by atoms with Crippen molar-refractivity contribution in [1.82, 2.24) is 0 Å². The van der Waals surface area contributed by atoms with Crippen molar-refractivity contribution in [3.63, 3.8) is 0 Å². The Kier molecular flexibility index (Phi) is 5.36. The summed E-state index contributed by atoms with van der Waals surface area (Å²) in [5.74, 6) is -0.915. The van der Waals surface area contributed by atoms with Crippen molar-refractivity contribution in [2.75, 3.05) is 13.2 Å². The first-order valence-corrected chi connectivity index (χ1v) is 6.03. The highest BCUT2D eigenvalue weighted by Gasteiger charge is 2.34. The van der Waals surface area contributed by atoms with Crippen LogP contribution in [0.5, 0.6) is 0 Å². The summed E-state index contributed by atoms with van der Waals surface area (Å²) >= 11 is 0. The molecule has 0 spiro atoms. The summed E-state index contributed by atoms with van der Waals surface area (Å²) in [7, 11) is 0. The Morgan fingerprint density at radius 2 is 1.94 bits per heavy atom. The maximum atomic E-state index is 10.7. The van der Waals surface area contributed by atoms with E-state index in [0.29, 0.717) is 19.4 Å². The van der Waals surface area contributed by atoms with Gasteiger partial charge >= 0.3 is 5.97 Å². The van der Waals surface area contributed by atoms with Crippen LogP contribution in [-0.4, -0.2) is 42.3 Å². The van der Waals surface area contributed by atoms with Gasteiger partial charge in [0.2, 0.25) is 0 Å². The second-order valence-corrected chi connectivity index (χ2v) is 4.76. The normalized spacial score (nSPS) is 27.8. The van der Waals surface area contributed by atoms with Gasteiger partial charge in [0, 0.05) is 26.4 Å². The molecular formula is C12H22O5. The van der Waals surface area contributed by atoms with E-state index in [0.717, 1.165) is 6.42 Å². The highest BCUT2D eigenvalue weighted by Crippen LogP contribution is 2.29. The molecular weight excluding hydrogens is 224 g/mol. The lowest BCUT2D eigenvalue weighted by Crippen LogP contribution is -2.45. The molecule has 1 aliphatic rings. The predicted molar refractivity (Wildman–Crippen MR) is 61.4 cm³/mol. The van der Waals surface area contributed by atoms with E-state index in [1.807, 2.05) is 13.8 Å². The van der Waals surface area contributed by atoms with E-state index >= 15 is 0 Å². The molecule has 1 fully saturated rings. The number of aliphatic hydroxyl groups excluding tert-OH is 1. The summed E-state index contributed by atoms with van der Waals surface area (Å²) in [6.45, 7) is 5.58. The van der Waals surface area contributed by atoms with Gasteiger partial charge in [-0.1, -0.05) is 0 Å². The van der Waals surface area contributed by atoms with E-state index < -0.39 is 5.79 Å². The Labute approximate surface area is 102 Å². The zero-order valence-corrected chi connectivity index (χ0v) is 10.8. The Morgan fingerprint density at radius 3 is 2.47 bits per heavy atom. The standard InChI is InChI=1S/C12H22O5/c1-9(14)15-7-5-11-8-10(4-6-13)16-12(2,3)17-11/h10-11,13H,4-8H2,1-3H3/t10-,11+/m1/s1. The van der Waals surface area contributed by atoms with Crippen molar-refractivity contribution in [3.8, 4) is 0 Å². The number of rotatable bonds is 5.